The van der Waals surface area contributed by atoms with Gasteiger partial charge < -0.3 is 14.5 Å². The fourth-order valence-corrected chi connectivity index (χ4v) is 2.79. The Bertz CT molecular complexity index is 582. The van der Waals surface area contributed by atoms with Crippen molar-refractivity contribution in [3.05, 3.63) is 30.3 Å². The van der Waals surface area contributed by atoms with Gasteiger partial charge >= 0.3 is 0 Å². The minimum absolute atomic E-state index is 0.0470. The van der Waals surface area contributed by atoms with Gasteiger partial charge in [-0.05, 0) is 26.0 Å². The number of carbonyl (C=O) groups is 2. The van der Waals surface area contributed by atoms with Crippen molar-refractivity contribution in [3.63, 3.8) is 0 Å². The van der Waals surface area contributed by atoms with Crippen LogP contribution < -0.4 is 4.74 Å². The number of benzene rings is 1. The Labute approximate surface area is 144 Å². The maximum absolute atomic E-state index is 12.8. The Hall–Kier alpha value is -2.04. The number of nitrogens with zero attached hydrogens (tertiary/aromatic N) is 2. The molecule has 2 rings (SSSR count). The fraction of sp³-hybridized carbons (Fsp3) is 0.579. The highest BCUT2D eigenvalue weighted by atomic mass is 16.5. The van der Waals surface area contributed by atoms with Crippen LogP contribution in [0.1, 0.15) is 34.6 Å². The zero-order valence-electron chi connectivity index (χ0n) is 15.3. The van der Waals surface area contributed by atoms with Gasteiger partial charge in [0.25, 0.3) is 5.91 Å². The van der Waals surface area contributed by atoms with E-state index in [9.17, 15) is 9.59 Å². The van der Waals surface area contributed by atoms with Gasteiger partial charge in [0.05, 0.1) is 0 Å². The summed E-state index contributed by atoms with van der Waals surface area (Å²) in [4.78, 5) is 28.8. The molecule has 24 heavy (non-hydrogen) atoms. The molecule has 0 aromatic heterocycles. The van der Waals surface area contributed by atoms with E-state index in [1.54, 1.807) is 18.7 Å². The highest BCUT2D eigenvalue weighted by molar-refractivity contribution is 5.85. The van der Waals surface area contributed by atoms with Crippen LogP contribution in [-0.4, -0.2) is 53.4 Å². The maximum atomic E-state index is 12.8. The molecule has 0 N–H and O–H groups in total. The van der Waals surface area contributed by atoms with E-state index in [0.29, 0.717) is 31.9 Å². The molecule has 0 saturated carbocycles. The number of carbonyl (C=O) groups excluding carboxylic acids is 2. The second-order valence-corrected chi connectivity index (χ2v) is 7.76. The molecule has 0 radical (unpaired) electrons. The molecule has 0 bridgehead atoms. The molecule has 1 saturated heterocycles. The van der Waals surface area contributed by atoms with E-state index >= 15 is 0 Å². The summed E-state index contributed by atoms with van der Waals surface area (Å²) in [7, 11) is 0. The van der Waals surface area contributed by atoms with E-state index in [-0.39, 0.29) is 17.2 Å². The van der Waals surface area contributed by atoms with Crippen LogP contribution in [0.3, 0.4) is 0 Å². The first-order valence-electron chi connectivity index (χ1n) is 8.44. The number of amides is 2. The zero-order valence-corrected chi connectivity index (χ0v) is 15.3. The molecule has 0 aliphatic carbocycles. The molecule has 1 aromatic carbocycles. The normalized spacial score (nSPS) is 16.0. The smallest absolute Gasteiger partial charge is 0.266 e. The van der Waals surface area contributed by atoms with E-state index in [1.165, 1.54) is 0 Å². The van der Waals surface area contributed by atoms with Crippen LogP contribution in [0, 0.1) is 5.41 Å². The SMILES string of the molecule is CC(C)(C)C(=O)N1CCN(C(=O)C(C)(C)Oc2ccccc2)CC1. The summed E-state index contributed by atoms with van der Waals surface area (Å²) >= 11 is 0. The first-order chi connectivity index (χ1) is 11.1. The highest BCUT2D eigenvalue weighted by Gasteiger charge is 2.37. The van der Waals surface area contributed by atoms with Gasteiger partial charge in [0.15, 0.2) is 5.60 Å². The monoisotopic (exact) mass is 332 g/mol. The van der Waals surface area contributed by atoms with Crippen LogP contribution in [-0.2, 0) is 9.59 Å². The lowest BCUT2D eigenvalue weighted by atomic mass is 9.94. The van der Waals surface area contributed by atoms with Crippen molar-refractivity contribution >= 4 is 11.8 Å². The summed E-state index contributed by atoms with van der Waals surface area (Å²) in [6.45, 7) is 11.6. The average Bonchev–Trinajstić information content (AvgIpc) is 2.53. The third kappa shape index (κ3) is 4.28. The third-order valence-electron chi connectivity index (χ3n) is 4.13. The van der Waals surface area contributed by atoms with Gasteiger partial charge in [0.2, 0.25) is 5.91 Å². The molecule has 1 heterocycles. The largest absolute Gasteiger partial charge is 0.478 e. The lowest BCUT2D eigenvalue weighted by molar-refractivity contribution is -0.151. The molecule has 5 nitrogen and oxygen atoms in total. The Morgan fingerprint density at radius 1 is 0.833 bits per heavy atom. The predicted molar refractivity (Wildman–Crippen MR) is 93.8 cm³/mol. The summed E-state index contributed by atoms with van der Waals surface area (Å²) in [5, 5.41) is 0. The third-order valence-corrected chi connectivity index (χ3v) is 4.13. The number of hydrogen-bond acceptors (Lipinski definition) is 3. The molecule has 1 aliphatic heterocycles. The summed E-state index contributed by atoms with van der Waals surface area (Å²) in [6.07, 6.45) is 0. The molecule has 0 unspecified atom stereocenters. The summed E-state index contributed by atoms with van der Waals surface area (Å²) < 4.78 is 5.87. The molecule has 0 spiro atoms. The van der Waals surface area contributed by atoms with E-state index < -0.39 is 5.60 Å². The van der Waals surface area contributed by atoms with Gasteiger partial charge in [-0.2, -0.15) is 0 Å². The quantitative estimate of drug-likeness (QED) is 0.855. The molecule has 5 heteroatoms. The highest BCUT2D eigenvalue weighted by Crippen LogP contribution is 2.22. The number of para-hydroxylation sites is 1. The molecule has 0 atom stereocenters. The Morgan fingerprint density at radius 2 is 1.29 bits per heavy atom. The standard InChI is InChI=1S/C19H28N2O3/c1-18(2,3)16(22)20-11-13-21(14-12-20)17(23)19(4,5)24-15-9-7-6-8-10-15/h6-10H,11-14H2,1-5H3. The van der Waals surface area contributed by atoms with E-state index in [1.807, 2.05) is 56.0 Å². The van der Waals surface area contributed by atoms with Crippen molar-refractivity contribution in [2.75, 3.05) is 26.2 Å². The van der Waals surface area contributed by atoms with E-state index in [2.05, 4.69) is 0 Å². The summed E-state index contributed by atoms with van der Waals surface area (Å²) in [5.41, 5.74) is -1.32. The van der Waals surface area contributed by atoms with E-state index in [0.717, 1.165) is 0 Å². The van der Waals surface area contributed by atoms with Crippen LogP contribution in [0.25, 0.3) is 0 Å². The topological polar surface area (TPSA) is 49.9 Å². The van der Waals surface area contributed by atoms with Crippen LogP contribution in [0.4, 0.5) is 0 Å². The molecule has 1 aromatic rings. The van der Waals surface area contributed by atoms with Gasteiger partial charge in [-0.25, -0.2) is 0 Å². The van der Waals surface area contributed by atoms with Crippen molar-refractivity contribution in [1.82, 2.24) is 9.80 Å². The molecular weight excluding hydrogens is 304 g/mol. The average molecular weight is 332 g/mol. The van der Waals surface area contributed by atoms with Gasteiger partial charge in [-0.3, -0.25) is 9.59 Å². The molecule has 132 valence electrons. The lowest BCUT2D eigenvalue weighted by Gasteiger charge is -2.40. The Morgan fingerprint density at radius 3 is 1.75 bits per heavy atom. The first-order valence-corrected chi connectivity index (χ1v) is 8.44. The second-order valence-electron chi connectivity index (χ2n) is 7.76. The fourth-order valence-electron chi connectivity index (χ4n) is 2.79. The maximum Gasteiger partial charge on any atom is 0.266 e. The van der Waals surface area contributed by atoms with Crippen LogP contribution in [0.5, 0.6) is 5.75 Å². The second kappa shape index (κ2) is 6.83. The number of ether oxygens (including phenoxy) is 1. The van der Waals surface area contributed by atoms with Crippen molar-refractivity contribution in [1.29, 1.82) is 0 Å². The van der Waals surface area contributed by atoms with Crippen LogP contribution in [0.2, 0.25) is 0 Å². The van der Waals surface area contributed by atoms with Crippen LogP contribution >= 0.6 is 0 Å². The summed E-state index contributed by atoms with van der Waals surface area (Å²) in [6, 6.07) is 9.36. The minimum atomic E-state index is -0.933. The minimum Gasteiger partial charge on any atom is -0.478 e. The number of piperazine rings is 1. The van der Waals surface area contributed by atoms with Crippen molar-refractivity contribution < 1.29 is 14.3 Å². The summed E-state index contributed by atoms with van der Waals surface area (Å²) in [5.74, 6) is 0.765. The van der Waals surface area contributed by atoms with Gasteiger partial charge in [0, 0.05) is 31.6 Å². The lowest BCUT2D eigenvalue weighted by Crippen LogP contribution is -2.57. The molecule has 1 aliphatic rings. The molecule has 2 amide bonds. The van der Waals surface area contributed by atoms with Crippen molar-refractivity contribution in [3.8, 4) is 5.75 Å². The molecular formula is C19H28N2O3. The van der Waals surface area contributed by atoms with Crippen molar-refractivity contribution in [2.45, 2.75) is 40.2 Å². The van der Waals surface area contributed by atoms with Gasteiger partial charge in [0.1, 0.15) is 5.75 Å². The predicted octanol–water partition coefficient (Wildman–Crippen LogP) is 2.56. The van der Waals surface area contributed by atoms with Crippen molar-refractivity contribution in [2.24, 2.45) is 5.41 Å². The van der Waals surface area contributed by atoms with Crippen LogP contribution in [0.15, 0.2) is 30.3 Å². The zero-order chi connectivity index (χ0) is 18.0. The van der Waals surface area contributed by atoms with Gasteiger partial charge in [-0.15, -0.1) is 0 Å². The van der Waals surface area contributed by atoms with Gasteiger partial charge in [-0.1, -0.05) is 39.0 Å². The number of hydrogen-bond donors (Lipinski definition) is 0. The first kappa shape index (κ1) is 18.3. The number of rotatable bonds is 3. The molecule has 1 fully saturated rings. The Kier molecular flexibility index (Phi) is 5.21. The van der Waals surface area contributed by atoms with E-state index in [4.69, 9.17) is 4.74 Å². The Balaban J connectivity index is 1.96.